The first kappa shape index (κ1) is 18.6. The zero-order valence-corrected chi connectivity index (χ0v) is 16.9. The van der Waals surface area contributed by atoms with Gasteiger partial charge in [0.1, 0.15) is 30.5 Å². The second-order valence-electron chi connectivity index (χ2n) is 7.74. The van der Waals surface area contributed by atoms with Crippen LogP contribution in [0.25, 0.3) is 5.52 Å². The smallest absolute Gasteiger partial charge is 0.162 e. The summed E-state index contributed by atoms with van der Waals surface area (Å²) in [4.78, 5) is 11.3. The van der Waals surface area contributed by atoms with E-state index in [2.05, 4.69) is 50.3 Å². The lowest BCUT2D eigenvalue weighted by Gasteiger charge is -2.35. The summed E-state index contributed by atoms with van der Waals surface area (Å²) in [6, 6.07) is 19.0. The van der Waals surface area contributed by atoms with Gasteiger partial charge in [0, 0.05) is 17.8 Å². The van der Waals surface area contributed by atoms with Gasteiger partial charge >= 0.3 is 0 Å². The van der Waals surface area contributed by atoms with Gasteiger partial charge in [-0.15, -0.1) is 0 Å². The van der Waals surface area contributed by atoms with Crippen molar-refractivity contribution in [1.82, 2.24) is 19.6 Å². The van der Waals surface area contributed by atoms with Crippen molar-refractivity contribution in [3.63, 3.8) is 0 Å². The summed E-state index contributed by atoms with van der Waals surface area (Å²) < 4.78 is 7.89. The number of hydrogen-bond donors (Lipinski definition) is 0. The van der Waals surface area contributed by atoms with Crippen molar-refractivity contribution in [3.8, 4) is 5.75 Å². The van der Waals surface area contributed by atoms with E-state index in [0.717, 1.165) is 41.2 Å². The van der Waals surface area contributed by atoms with E-state index >= 15 is 0 Å². The molecule has 0 amide bonds. The van der Waals surface area contributed by atoms with Crippen LogP contribution >= 0.6 is 0 Å². The van der Waals surface area contributed by atoms with Gasteiger partial charge in [0.2, 0.25) is 0 Å². The maximum Gasteiger partial charge on any atom is 0.162 e. The molecular weight excluding hydrogens is 374 g/mol. The third-order valence-corrected chi connectivity index (χ3v) is 5.72. The van der Waals surface area contributed by atoms with Crippen molar-refractivity contribution in [3.05, 3.63) is 79.0 Å². The number of anilines is 2. The van der Waals surface area contributed by atoms with Crippen LogP contribution in [0.4, 0.5) is 11.5 Å². The molecule has 1 fully saturated rings. The monoisotopic (exact) mass is 399 g/mol. The van der Waals surface area contributed by atoms with Crippen LogP contribution in [-0.4, -0.2) is 25.6 Å². The highest BCUT2D eigenvalue weighted by Gasteiger charge is 2.26. The quantitative estimate of drug-likeness (QED) is 0.447. The molecular formula is C24H25N5O. The molecule has 2 aromatic heterocycles. The lowest BCUT2D eigenvalue weighted by molar-refractivity contribution is 0.306. The van der Waals surface area contributed by atoms with Gasteiger partial charge in [-0.2, -0.15) is 5.10 Å². The molecule has 1 aliphatic carbocycles. The Bertz CT molecular complexity index is 1100. The molecule has 0 unspecified atom stereocenters. The Morgan fingerprint density at radius 1 is 1.00 bits per heavy atom. The molecule has 152 valence electrons. The van der Waals surface area contributed by atoms with Gasteiger partial charge in [-0.1, -0.05) is 55.7 Å². The molecule has 5 rings (SSSR count). The number of fused-ring (bicyclic) bond motifs is 1. The third kappa shape index (κ3) is 3.85. The van der Waals surface area contributed by atoms with Gasteiger partial charge in [0.05, 0.1) is 6.20 Å². The number of rotatable bonds is 6. The third-order valence-electron chi connectivity index (χ3n) is 5.72. The molecule has 6 heteroatoms. The molecule has 4 aromatic rings. The van der Waals surface area contributed by atoms with Crippen molar-refractivity contribution in [2.24, 2.45) is 0 Å². The predicted molar refractivity (Wildman–Crippen MR) is 117 cm³/mol. The van der Waals surface area contributed by atoms with E-state index < -0.39 is 0 Å². The summed E-state index contributed by atoms with van der Waals surface area (Å²) in [7, 11) is 0. The first-order valence-electron chi connectivity index (χ1n) is 10.6. The summed E-state index contributed by atoms with van der Waals surface area (Å²) in [5.74, 6) is 1.75. The summed E-state index contributed by atoms with van der Waals surface area (Å²) >= 11 is 0. The van der Waals surface area contributed by atoms with E-state index in [0.29, 0.717) is 12.6 Å². The summed E-state index contributed by atoms with van der Waals surface area (Å²) in [5.41, 5.74) is 3.16. The first-order valence-corrected chi connectivity index (χ1v) is 10.6. The van der Waals surface area contributed by atoms with Crippen LogP contribution in [-0.2, 0) is 6.61 Å². The van der Waals surface area contributed by atoms with E-state index in [-0.39, 0.29) is 0 Å². The van der Waals surface area contributed by atoms with Crippen molar-refractivity contribution in [1.29, 1.82) is 0 Å². The van der Waals surface area contributed by atoms with E-state index in [1.807, 2.05) is 30.5 Å². The molecule has 2 aromatic carbocycles. The summed E-state index contributed by atoms with van der Waals surface area (Å²) in [6.07, 6.45) is 11.3. The lowest BCUT2D eigenvalue weighted by Crippen LogP contribution is -2.34. The average molecular weight is 399 g/mol. The fourth-order valence-electron chi connectivity index (χ4n) is 4.24. The van der Waals surface area contributed by atoms with Crippen LogP contribution in [0.1, 0.15) is 37.7 Å². The molecule has 1 saturated carbocycles. The van der Waals surface area contributed by atoms with Crippen LogP contribution < -0.4 is 9.64 Å². The first-order chi connectivity index (χ1) is 14.9. The van der Waals surface area contributed by atoms with E-state index in [4.69, 9.17) is 4.74 Å². The van der Waals surface area contributed by atoms with E-state index in [1.165, 1.54) is 19.3 Å². The van der Waals surface area contributed by atoms with Crippen LogP contribution in [0.15, 0.2) is 73.4 Å². The van der Waals surface area contributed by atoms with Crippen LogP contribution in [0.3, 0.4) is 0 Å². The van der Waals surface area contributed by atoms with Gasteiger partial charge in [-0.3, -0.25) is 0 Å². The fourth-order valence-corrected chi connectivity index (χ4v) is 4.24. The van der Waals surface area contributed by atoms with Crippen molar-refractivity contribution >= 4 is 17.0 Å². The Labute approximate surface area is 176 Å². The minimum atomic E-state index is 0.400. The van der Waals surface area contributed by atoms with Gasteiger partial charge in [0.25, 0.3) is 0 Å². The molecule has 0 aliphatic heterocycles. The number of hydrogen-bond acceptors (Lipinski definition) is 5. The Balaban J connectivity index is 1.49. The van der Waals surface area contributed by atoms with Crippen molar-refractivity contribution in [2.45, 2.75) is 44.8 Å². The highest BCUT2D eigenvalue weighted by molar-refractivity contribution is 5.75. The van der Waals surface area contributed by atoms with Crippen molar-refractivity contribution < 1.29 is 4.74 Å². The van der Waals surface area contributed by atoms with Gasteiger partial charge in [-0.05, 0) is 30.5 Å². The molecule has 30 heavy (non-hydrogen) atoms. The Morgan fingerprint density at radius 2 is 1.87 bits per heavy atom. The second kappa shape index (κ2) is 8.53. The van der Waals surface area contributed by atoms with Gasteiger partial charge < -0.3 is 9.64 Å². The predicted octanol–water partition coefficient (Wildman–Crippen LogP) is 5.17. The topological polar surface area (TPSA) is 55.5 Å². The standard InChI is InChI=1S/C24H25N5O/c1-3-8-19(9-4-1)16-30-22-13-7-12-21(14-22)29(20-10-5-2-6-11-20)24-23-15-25-18-28(23)27-17-26-24/h1,3-4,7-9,12-15,17-18,20H,2,5-6,10-11,16H2. The maximum absolute atomic E-state index is 6.10. The number of ether oxygens (including phenoxy) is 1. The summed E-state index contributed by atoms with van der Waals surface area (Å²) in [5, 5.41) is 4.30. The Kier molecular flexibility index (Phi) is 5.29. The number of aromatic nitrogens is 4. The lowest BCUT2D eigenvalue weighted by atomic mass is 9.93. The normalized spacial score (nSPS) is 14.7. The Morgan fingerprint density at radius 3 is 2.73 bits per heavy atom. The fraction of sp³-hybridized carbons (Fsp3) is 0.292. The molecule has 0 bridgehead atoms. The second-order valence-corrected chi connectivity index (χ2v) is 7.74. The molecule has 0 saturated heterocycles. The molecule has 0 spiro atoms. The van der Waals surface area contributed by atoms with Crippen LogP contribution in [0.5, 0.6) is 5.75 Å². The zero-order chi connectivity index (χ0) is 20.2. The van der Waals surface area contributed by atoms with Gasteiger partial charge in [-0.25, -0.2) is 14.5 Å². The minimum absolute atomic E-state index is 0.400. The minimum Gasteiger partial charge on any atom is -0.489 e. The average Bonchev–Trinajstić information content (AvgIpc) is 3.30. The number of nitrogens with zero attached hydrogens (tertiary/aromatic N) is 5. The number of benzene rings is 2. The summed E-state index contributed by atoms with van der Waals surface area (Å²) in [6.45, 7) is 0.550. The van der Waals surface area contributed by atoms with Crippen molar-refractivity contribution in [2.75, 3.05) is 4.90 Å². The number of imidazole rings is 1. The molecule has 0 radical (unpaired) electrons. The maximum atomic E-state index is 6.10. The molecule has 1 aliphatic rings. The largest absolute Gasteiger partial charge is 0.489 e. The Hall–Kier alpha value is -3.41. The van der Waals surface area contributed by atoms with Gasteiger partial charge in [0.15, 0.2) is 5.82 Å². The molecule has 2 heterocycles. The van der Waals surface area contributed by atoms with Crippen LogP contribution in [0, 0.1) is 0 Å². The molecule has 6 nitrogen and oxygen atoms in total. The SMILES string of the molecule is c1ccc(COc2cccc(N(c3ncnn4cncc34)C3CCCCC3)c2)cc1. The van der Waals surface area contributed by atoms with E-state index in [9.17, 15) is 0 Å². The zero-order valence-electron chi connectivity index (χ0n) is 16.9. The highest BCUT2D eigenvalue weighted by atomic mass is 16.5. The highest BCUT2D eigenvalue weighted by Crippen LogP contribution is 2.36. The molecule has 0 N–H and O–H groups in total. The molecule has 0 atom stereocenters. The van der Waals surface area contributed by atoms with Crippen LogP contribution in [0.2, 0.25) is 0 Å². The van der Waals surface area contributed by atoms with E-state index in [1.54, 1.807) is 17.2 Å².